The monoisotopic (exact) mass is 297 g/mol. The van der Waals surface area contributed by atoms with E-state index in [-0.39, 0.29) is 0 Å². The topological polar surface area (TPSA) is 75.6 Å². The van der Waals surface area contributed by atoms with E-state index in [1.807, 2.05) is 12.3 Å². The molecule has 20 heavy (non-hydrogen) atoms. The normalized spacial score (nSPS) is 13.5. The Balaban J connectivity index is 2.73. The summed E-state index contributed by atoms with van der Waals surface area (Å²) in [6, 6.07) is 8.09. The second-order valence-electron chi connectivity index (χ2n) is 4.21. The molecule has 0 aliphatic heterocycles. The van der Waals surface area contributed by atoms with Crippen molar-refractivity contribution in [3.63, 3.8) is 0 Å². The van der Waals surface area contributed by atoms with Crippen molar-refractivity contribution in [2.75, 3.05) is 19.1 Å². The molecule has 110 valence electrons. The van der Waals surface area contributed by atoms with Crippen molar-refractivity contribution in [2.24, 2.45) is 0 Å². The Morgan fingerprint density at radius 1 is 1.35 bits per heavy atom. The molecular formula is C14H19NO4S. The van der Waals surface area contributed by atoms with E-state index in [0.29, 0.717) is 17.7 Å². The summed E-state index contributed by atoms with van der Waals surface area (Å²) in [5, 5.41) is 11.6. The number of hydrogen-bond donors (Lipinski definition) is 2. The Labute approximate surface area is 122 Å². The molecule has 0 aliphatic carbocycles. The number of nitrogens with one attached hydrogen (secondary N) is 1. The molecular weight excluding hydrogens is 278 g/mol. The lowest BCUT2D eigenvalue weighted by Crippen LogP contribution is -2.43. The van der Waals surface area contributed by atoms with Gasteiger partial charge in [0.2, 0.25) is 0 Å². The summed E-state index contributed by atoms with van der Waals surface area (Å²) in [6.07, 6.45) is 1.48. The van der Waals surface area contributed by atoms with Crippen molar-refractivity contribution in [3.05, 3.63) is 35.9 Å². The maximum atomic E-state index is 12.1. The number of methoxy groups -OCH3 is 1. The highest BCUT2D eigenvalue weighted by molar-refractivity contribution is 7.98. The predicted octanol–water partition coefficient (Wildman–Crippen LogP) is 1.70. The maximum absolute atomic E-state index is 12.1. The second-order valence-corrected chi connectivity index (χ2v) is 5.19. The zero-order valence-electron chi connectivity index (χ0n) is 11.5. The van der Waals surface area contributed by atoms with Crippen molar-refractivity contribution in [3.8, 4) is 0 Å². The summed E-state index contributed by atoms with van der Waals surface area (Å²) in [7, 11) is 1.43. The molecule has 0 bridgehead atoms. The smallest absolute Gasteiger partial charge is 0.326 e. The second kappa shape index (κ2) is 8.60. The van der Waals surface area contributed by atoms with Gasteiger partial charge in [0.05, 0.1) is 0 Å². The molecule has 6 heteroatoms. The zero-order valence-corrected chi connectivity index (χ0v) is 12.4. The minimum absolute atomic E-state index is 0.382. The van der Waals surface area contributed by atoms with Gasteiger partial charge < -0.3 is 15.2 Å². The van der Waals surface area contributed by atoms with Crippen LogP contribution in [0.15, 0.2) is 30.3 Å². The number of carboxylic acid groups (broad SMARTS) is 1. The van der Waals surface area contributed by atoms with Gasteiger partial charge in [0.15, 0.2) is 6.10 Å². The Kier molecular flexibility index (Phi) is 7.11. The van der Waals surface area contributed by atoms with Gasteiger partial charge >= 0.3 is 5.97 Å². The molecule has 0 saturated heterocycles. The summed E-state index contributed by atoms with van der Waals surface area (Å²) < 4.78 is 5.17. The molecule has 2 unspecified atom stereocenters. The van der Waals surface area contributed by atoms with Crippen molar-refractivity contribution in [1.82, 2.24) is 5.32 Å². The van der Waals surface area contributed by atoms with Crippen molar-refractivity contribution >= 4 is 23.6 Å². The standard InChI is InChI=1S/C14H19NO4S/c1-19-12(10-6-4-3-5-7-10)13(16)15-11(14(17)18)8-9-20-2/h3-7,11-12H,8-9H2,1-2H3,(H,15,16)(H,17,18). The Hall–Kier alpha value is -1.53. The molecule has 5 nitrogen and oxygen atoms in total. The summed E-state index contributed by atoms with van der Waals surface area (Å²) in [5.74, 6) is -0.803. The lowest BCUT2D eigenvalue weighted by atomic mass is 10.1. The number of rotatable bonds is 8. The third-order valence-electron chi connectivity index (χ3n) is 2.80. The largest absolute Gasteiger partial charge is 0.480 e. The fourth-order valence-electron chi connectivity index (χ4n) is 1.76. The summed E-state index contributed by atoms with van der Waals surface area (Å²) in [4.78, 5) is 23.3. The number of amides is 1. The van der Waals surface area contributed by atoms with Gasteiger partial charge in [-0.2, -0.15) is 11.8 Å². The summed E-state index contributed by atoms with van der Waals surface area (Å²) in [5.41, 5.74) is 0.696. The number of thioether (sulfide) groups is 1. The molecule has 2 N–H and O–H groups in total. The molecule has 1 aromatic carbocycles. The van der Waals surface area contributed by atoms with Crippen LogP contribution in [0, 0.1) is 0 Å². The van der Waals surface area contributed by atoms with Crippen LogP contribution in [0.25, 0.3) is 0 Å². The molecule has 1 rings (SSSR count). The molecule has 0 aromatic heterocycles. The van der Waals surface area contributed by atoms with Crippen LogP contribution in [0.4, 0.5) is 0 Å². The van der Waals surface area contributed by atoms with Crippen LogP contribution in [0.3, 0.4) is 0 Å². The Morgan fingerprint density at radius 2 is 2.00 bits per heavy atom. The molecule has 0 radical (unpaired) electrons. The number of benzene rings is 1. The average Bonchev–Trinajstić information content (AvgIpc) is 2.45. The fraction of sp³-hybridized carbons (Fsp3) is 0.429. The lowest BCUT2D eigenvalue weighted by molar-refractivity contribution is -0.144. The first kappa shape index (κ1) is 16.5. The first-order valence-corrected chi connectivity index (χ1v) is 7.59. The van der Waals surface area contributed by atoms with Gasteiger partial charge in [-0.3, -0.25) is 4.79 Å². The van der Waals surface area contributed by atoms with Crippen LogP contribution in [-0.4, -0.2) is 42.1 Å². The third-order valence-corrected chi connectivity index (χ3v) is 3.45. The van der Waals surface area contributed by atoms with Gasteiger partial charge in [-0.15, -0.1) is 0 Å². The summed E-state index contributed by atoms with van der Waals surface area (Å²) in [6.45, 7) is 0. The average molecular weight is 297 g/mol. The number of ether oxygens (including phenoxy) is 1. The highest BCUT2D eigenvalue weighted by Gasteiger charge is 2.25. The highest BCUT2D eigenvalue weighted by Crippen LogP contribution is 2.16. The van der Waals surface area contributed by atoms with Crippen molar-refractivity contribution in [1.29, 1.82) is 0 Å². The molecule has 0 fully saturated rings. The summed E-state index contributed by atoms with van der Waals surface area (Å²) >= 11 is 1.54. The quantitative estimate of drug-likeness (QED) is 0.764. The van der Waals surface area contributed by atoms with Crippen LogP contribution < -0.4 is 5.32 Å². The lowest BCUT2D eigenvalue weighted by Gasteiger charge is -2.19. The number of carbonyl (C=O) groups excluding carboxylic acids is 1. The van der Waals surface area contributed by atoms with Gasteiger partial charge in [-0.1, -0.05) is 30.3 Å². The maximum Gasteiger partial charge on any atom is 0.326 e. The third kappa shape index (κ3) is 4.86. The van der Waals surface area contributed by atoms with E-state index in [9.17, 15) is 9.59 Å². The molecule has 1 aromatic rings. The Morgan fingerprint density at radius 3 is 2.50 bits per heavy atom. The van der Waals surface area contributed by atoms with E-state index in [4.69, 9.17) is 9.84 Å². The van der Waals surface area contributed by atoms with E-state index in [1.165, 1.54) is 18.9 Å². The van der Waals surface area contributed by atoms with Gasteiger partial charge in [0, 0.05) is 7.11 Å². The van der Waals surface area contributed by atoms with E-state index >= 15 is 0 Å². The van der Waals surface area contributed by atoms with E-state index in [2.05, 4.69) is 5.32 Å². The number of hydrogen-bond acceptors (Lipinski definition) is 4. The van der Waals surface area contributed by atoms with Gasteiger partial charge in [0.1, 0.15) is 6.04 Å². The minimum Gasteiger partial charge on any atom is -0.480 e. The first-order valence-electron chi connectivity index (χ1n) is 6.20. The van der Waals surface area contributed by atoms with Crippen molar-refractivity contribution < 1.29 is 19.4 Å². The number of aliphatic carboxylic acids is 1. The zero-order chi connectivity index (χ0) is 15.0. The number of carbonyl (C=O) groups is 2. The predicted molar refractivity (Wildman–Crippen MR) is 78.8 cm³/mol. The molecule has 2 atom stereocenters. The van der Waals surface area contributed by atoms with E-state index < -0.39 is 24.0 Å². The molecule has 0 heterocycles. The van der Waals surface area contributed by atoms with Crippen LogP contribution in [0.5, 0.6) is 0 Å². The molecule has 0 aliphatic rings. The first-order chi connectivity index (χ1) is 9.60. The molecule has 1 amide bonds. The van der Waals surface area contributed by atoms with Gasteiger partial charge in [-0.05, 0) is 24.0 Å². The van der Waals surface area contributed by atoms with Gasteiger partial charge in [0.25, 0.3) is 5.91 Å². The van der Waals surface area contributed by atoms with Crippen LogP contribution in [0.2, 0.25) is 0 Å². The minimum atomic E-state index is -1.03. The van der Waals surface area contributed by atoms with Crippen LogP contribution in [0.1, 0.15) is 18.1 Å². The van der Waals surface area contributed by atoms with Crippen molar-refractivity contribution in [2.45, 2.75) is 18.6 Å². The van der Waals surface area contributed by atoms with E-state index in [0.717, 1.165) is 0 Å². The van der Waals surface area contributed by atoms with Gasteiger partial charge in [-0.25, -0.2) is 4.79 Å². The fourth-order valence-corrected chi connectivity index (χ4v) is 2.23. The molecule has 0 spiro atoms. The number of carboxylic acids is 1. The highest BCUT2D eigenvalue weighted by atomic mass is 32.2. The molecule has 0 saturated carbocycles. The van der Waals surface area contributed by atoms with E-state index in [1.54, 1.807) is 24.3 Å². The van der Waals surface area contributed by atoms with Crippen LogP contribution in [-0.2, 0) is 14.3 Å². The SMILES string of the molecule is COC(C(=O)NC(CCSC)C(=O)O)c1ccccc1. The Bertz CT molecular complexity index is 438. The van der Waals surface area contributed by atoms with Crippen LogP contribution >= 0.6 is 11.8 Å².